The van der Waals surface area contributed by atoms with Gasteiger partial charge >= 0.3 is 0 Å². The molecule has 0 unspecified atom stereocenters. The van der Waals surface area contributed by atoms with Gasteiger partial charge in [0.15, 0.2) is 0 Å². The van der Waals surface area contributed by atoms with E-state index in [9.17, 15) is 4.79 Å². The van der Waals surface area contributed by atoms with Gasteiger partial charge in [0.2, 0.25) is 0 Å². The summed E-state index contributed by atoms with van der Waals surface area (Å²) in [4.78, 5) is 18.2. The van der Waals surface area contributed by atoms with Gasteiger partial charge in [-0.25, -0.2) is 4.98 Å². The third kappa shape index (κ3) is 3.35. The van der Waals surface area contributed by atoms with Crippen LogP contribution in [-0.4, -0.2) is 9.55 Å². The van der Waals surface area contributed by atoms with Crippen LogP contribution in [-0.2, 0) is 0 Å². The van der Waals surface area contributed by atoms with E-state index in [0.717, 1.165) is 17.0 Å². The molecule has 5 rings (SSSR count). The summed E-state index contributed by atoms with van der Waals surface area (Å²) in [7, 11) is 0. The quantitative estimate of drug-likeness (QED) is 0.387. The van der Waals surface area contributed by atoms with Crippen molar-refractivity contribution in [2.24, 2.45) is 0 Å². The number of nitrogens with zero attached hydrogens (tertiary/aromatic N) is 2. The molecular weight excluding hydrogens is 372 g/mol. The molecule has 0 radical (unpaired) electrons. The molecule has 0 saturated heterocycles. The number of para-hydroxylation sites is 2. The van der Waals surface area contributed by atoms with Gasteiger partial charge in [-0.2, -0.15) is 0 Å². The molecule has 4 nitrogen and oxygen atoms in total. The van der Waals surface area contributed by atoms with Gasteiger partial charge in [-0.1, -0.05) is 60.7 Å². The average molecular weight is 390 g/mol. The van der Waals surface area contributed by atoms with Crippen molar-refractivity contribution in [3.63, 3.8) is 0 Å². The maximum absolute atomic E-state index is 13.4. The summed E-state index contributed by atoms with van der Waals surface area (Å²) in [5.41, 5.74) is 2.19. The molecule has 0 aliphatic rings. The van der Waals surface area contributed by atoms with Crippen LogP contribution >= 0.6 is 0 Å². The highest BCUT2D eigenvalue weighted by molar-refractivity contribution is 5.80. The summed E-state index contributed by atoms with van der Waals surface area (Å²) in [6.45, 7) is 0. The van der Waals surface area contributed by atoms with Crippen LogP contribution in [0.15, 0.2) is 114 Å². The van der Waals surface area contributed by atoms with Crippen molar-refractivity contribution >= 4 is 10.9 Å². The molecule has 0 amide bonds. The second-order valence-electron chi connectivity index (χ2n) is 6.87. The molecule has 144 valence electrons. The van der Waals surface area contributed by atoms with Crippen LogP contribution in [0, 0.1) is 0 Å². The largest absolute Gasteiger partial charge is 0.457 e. The maximum atomic E-state index is 13.4. The van der Waals surface area contributed by atoms with E-state index in [1.54, 1.807) is 4.57 Å². The van der Waals surface area contributed by atoms with Gasteiger partial charge in [-0.15, -0.1) is 0 Å². The Kier molecular flexibility index (Phi) is 4.58. The number of fused-ring (bicyclic) bond motifs is 1. The maximum Gasteiger partial charge on any atom is 0.266 e. The van der Waals surface area contributed by atoms with Crippen molar-refractivity contribution in [2.75, 3.05) is 0 Å². The van der Waals surface area contributed by atoms with Gasteiger partial charge in [0.05, 0.1) is 16.6 Å². The van der Waals surface area contributed by atoms with E-state index in [1.165, 1.54) is 0 Å². The molecular formula is C26H18N2O2. The summed E-state index contributed by atoms with van der Waals surface area (Å²) in [6, 6.07) is 34.2. The van der Waals surface area contributed by atoms with Crippen molar-refractivity contribution < 1.29 is 4.74 Å². The number of hydrogen-bond acceptors (Lipinski definition) is 3. The zero-order valence-electron chi connectivity index (χ0n) is 16.1. The summed E-state index contributed by atoms with van der Waals surface area (Å²) >= 11 is 0. The summed E-state index contributed by atoms with van der Waals surface area (Å²) < 4.78 is 7.54. The van der Waals surface area contributed by atoms with Crippen molar-refractivity contribution in [3.8, 4) is 28.6 Å². The molecule has 1 heterocycles. The molecule has 30 heavy (non-hydrogen) atoms. The van der Waals surface area contributed by atoms with Crippen molar-refractivity contribution in [2.45, 2.75) is 0 Å². The molecule has 0 atom stereocenters. The number of benzene rings is 4. The van der Waals surface area contributed by atoms with Gasteiger partial charge < -0.3 is 4.74 Å². The first-order valence-corrected chi connectivity index (χ1v) is 9.70. The Hall–Kier alpha value is -4.18. The molecule has 4 heteroatoms. The SMILES string of the molecule is O=c1c2ccccc2nc(-c2ccccc2)n1-c1ccc(Oc2ccccc2)cc1. The number of rotatable bonds is 4. The Morgan fingerprint density at radius 2 is 1.23 bits per heavy atom. The molecule has 0 N–H and O–H groups in total. The molecule has 0 aliphatic heterocycles. The highest BCUT2D eigenvalue weighted by Crippen LogP contribution is 2.25. The van der Waals surface area contributed by atoms with Crippen LogP contribution in [0.25, 0.3) is 28.0 Å². The normalized spacial score (nSPS) is 10.8. The topological polar surface area (TPSA) is 44.1 Å². The van der Waals surface area contributed by atoms with E-state index in [2.05, 4.69) is 0 Å². The van der Waals surface area contributed by atoms with E-state index in [-0.39, 0.29) is 5.56 Å². The van der Waals surface area contributed by atoms with E-state index in [1.807, 2.05) is 109 Å². The summed E-state index contributed by atoms with van der Waals surface area (Å²) in [5.74, 6) is 2.07. The average Bonchev–Trinajstić information content (AvgIpc) is 2.81. The summed E-state index contributed by atoms with van der Waals surface area (Å²) in [5, 5.41) is 0.585. The van der Waals surface area contributed by atoms with Gasteiger partial charge in [0.1, 0.15) is 17.3 Å². The van der Waals surface area contributed by atoms with Crippen molar-refractivity contribution in [1.82, 2.24) is 9.55 Å². The lowest BCUT2D eigenvalue weighted by atomic mass is 10.1. The molecule has 0 saturated carbocycles. The lowest BCUT2D eigenvalue weighted by Gasteiger charge is -2.14. The lowest BCUT2D eigenvalue weighted by molar-refractivity contribution is 0.482. The van der Waals surface area contributed by atoms with E-state index in [0.29, 0.717) is 22.5 Å². The fraction of sp³-hybridized carbons (Fsp3) is 0. The Morgan fingerprint density at radius 3 is 1.97 bits per heavy atom. The van der Waals surface area contributed by atoms with E-state index in [4.69, 9.17) is 9.72 Å². The molecule has 4 aromatic carbocycles. The van der Waals surface area contributed by atoms with Crippen LogP contribution in [0.4, 0.5) is 0 Å². The second-order valence-corrected chi connectivity index (χ2v) is 6.87. The molecule has 5 aromatic rings. The molecule has 0 fully saturated rings. The number of ether oxygens (including phenoxy) is 1. The minimum Gasteiger partial charge on any atom is -0.457 e. The second kappa shape index (κ2) is 7.68. The highest BCUT2D eigenvalue weighted by atomic mass is 16.5. The van der Waals surface area contributed by atoms with Gasteiger partial charge in [0.25, 0.3) is 5.56 Å². The number of hydrogen-bond donors (Lipinski definition) is 0. The van der Waals surface area contributed by atoms with Crippen LogP contribution in [0.1, 0.15) is 0 Å². The van der Waals surface area contributed by atoms with Gasteiger partial charge in [0, 0.05) is 5.56 Å². The fourth-order valence-electron chi connectivity index (χ4n) is 3.44. The Balaban J connectivity index is 1.64. The zero-order chi connectivity index (χ0) is 20.3. The minimum atomic E-state index is -0.101. The predicted molar refractivity (Wildman–Crippen MR) is 119 cm³/mol. The first-order chi connectivity index (χ1) is 14.8. The predicted octanol–water partition coefficient (Wildman–Crippen LogP) is 5.85. The zero-order valence-corrected chi connectivity index (χ0v) is 16.1. The van der Waals surface area contributed by atoms with Gasteiger partial charge in [-0.3, -0.25) is 9.36 Å². The smallest absolute Gasteiger partial charge is 0.266 e. The van der Waals surface area contributed by atoms with Crippen molar-refractivity contribution in [3.05, 3.63) is 120 Å². The first kappa shape index (κ1) is 17.9. The van der Waals surface area contributed by atoms with Gasteiger partial charge in [-0.05, 0) is 48.5 Å². The fourth-order valence-corrected chi connectivity index (χ4v) is 3.44. The van der Waals surface area contributed by atoms with E-state index >= 15 is 0 Å². The lowest BCUT2D eigenvalue weighted by Crippen LogP contribution is -2.21. The van der Waals surface area contributed by atoms with Crippen LogP contribution in [0.3, 0.4) is 0 Å². The minimum absolute atomic E-state index is 0.101. The van der Waals surface area contributed by atoms with E-state index < -0.39 is 0 Å². The summed E-state index contributed by atoms with van der Waals surface area (Å²) in [6.07, 6.45) is 0. The van der Waals surface area contributed by atoms with Crippen LogP contribution in [0.5, 0.6) is 11.5 Å². The standard InChI is InChI=1S/C26H18N2O2/c29-26-23-13-7-8-14-24(23)27-25(19-9-3-1-4-10-19)28(26)20-15-17-22(18-16-20)30-21-11-5-2-6-12-21/h1-18H. The Bertz CT molecular complexity index is 1360. The molecule has 0 spiro atoms. The monoisotopic (exact) mass is 390 g/mol. The third-order valence-electron chi connectivity index (χ3n) is 4.88. The van der Waals surface area contributed by atoms with Crippen LogP contribution in [0.2, 0.25) is 0 Å². The first-order valence-electron chi connectivity index (χ1n) is 9.70. The Labute approximate surface area is 173 Å². The third-order valence-corrected chi connectivity index (χ3v) is 4.88. The molecule has 1 aromatic heterocycles. The molecule has 0 bridgehead atoms. The Morgan fingerprint density at radius 1 is 0.633 bits per heavy atom. The highest BCUT2D eigenvalue weighted by Gasteiger charge is 2.14. The number of aromatic nitrogens is 2. The van der Waals surface area contributed by atoms with Crippen molar-refractivity contribution in [1.29, 1.82) is 0 Å². The molecule has 0 aliphatic carbocycles. The van der Waals surface area contributed by atoms with Crippen LogP contribution < -0.4 is 10.3 Å².